The third-order valence-corrected chi connectivity index (χ3v) is 4.44. The second-order valence-corrected chi connectivity index (χ2v) is 5.95. The normalized spacial score (nSPS) is 18.0. The van der Waals surface area contributed by atoms with Crippen molar-refractivity contribution >= 4 is 38.3 Å². The fourth-order valence-electron chi connectivity index (χ4n) is 2.77. The lowest BCUT2D eigenvalue weighted by Gasteiger charge is -2.19. The fraction of sp³-hybridized carbons (Fsp3) is 0.267. The predicted octanol–water partition coefficient (Wildman–Crippen LogP) is 4.27. The predicted molar refractivity (Wildman–Crippen MR) is 86.1 cm³/mol. The molecule has 3 rings (SSSR count). The Morgan fingerprint density at radius 1 is 1.29 bits per heavy atom. The van der Waals surface area contributed by atoms with E-state index in [2.05, 4.69) is 26.0 Å². The number of halogens is 1. The Balaban J connectivity index is 1.99. The standard InChI is InChI=1S/C15H13BrN4O/c16-13-5-6-14(12-4-2-1-3-11(12)13)20-9-10(7-15(20)21)8-18-19-17/h1-6,10H,7-9H2. The monoisotopic (exact) mass is 344 g/mol. The SMILES string of the molecule is [N-]=[N+]=NCC1CC(=O)N(c2ccc(Br)c3ccccc23)C1. The minimum absolute atomic E-state index is 0.0839. The van der Waals surface area contributed by atoms with E-state index in [-0.39, 0.29) is 11.8 Å². The van der Waals surface area contributed by atoms with Gasteiger partial charge in [-0.05, 0) is 29.0 Å². The quantitative estimate of drug-likeness (QED) is 0.465. The van der Waals surface area contributed by atoms with E-state index in [1.807, 2.05) is 36.4 Å². The number of benzene rings is 2. The third kappa shape index (κ3) is 2.60. The van der Waals surface area contributed by atoms with Crippen LogP contribution in [0.1, 0.15) is 6.42 Å². The lowest BCUT2D eigenvalue weighted by atomic mass is 10.1. The Morgan fingerprint density at radius 2 is 2.05 bits per heavy atom. The average Bonchev–Trinajstić information content (AvgIpc) is 2.87. The summed E-state index contributed by atoms with van der Waals surface area (Å²) < 4.78 is 1.01. The van der Waals surface area contributed by atoms with Gasteiger partial charge in [0.05, 0.1) is 5.69 Å². The van der Waals surface area contributed by atoms with Crippen LogP contribution in [0.5, 0.6) is 0 Å². The van der Waals surface area contributed by atoms with Crippen molar-refractivity contribution in [1.82, 2.24) is 0 Å². The van der Waals surface area contributed by atoms with Crippen LogP contribution in [0, 0.1) is 5.92 Å². The van der Waals surface area contributed by atoms with Gasteiger partial charge in [0, 0.05) is 34.3 Å². The van der Waals surface area contributed by atoms with Gasteiger partial charge in [0.2, 0.25) is 5.91 Å². The molecule has 1 unspecified atom stereocenters. The maximum absolute atomic E-state index is 12.3. The molecule has 1 heterocycles. The van der Waals surface area contributed by atoms with Crippen LogP contribution in [0.2, 0.25) is 0 Å². The van der Waals surface area contributed by atoms with Gasteiger partial charge in [0.1, 0.15) is 0 Å². The van der Waals surface area contributed by atoms with E-state index >= 15 is 0 Å². The first-order valence-corrected chi connectivity index (χ1v) is 7.48. The Morgan fingerprint density at radius 3 is 2.81 bits per heavy atom. The zero-order valence-corrected chi connectivity index (χ0v) is 12.8. The molecule has 21 heavy (non-hydrogen) atoms. The molecule has 1 aliphatic rings. The van der Waals surface area contributed by atoms with Crippen molar-refractivity contribution in [2.75, 3.05) is 18.0 Å². The minimum atomic E-state index is 0.0839. The number of azide groups is 1. The number of nitrogens with zero attached hydrogens (tertiary/aromatic N) is 4. The van der Waals surface area contributed by atoms with Gasteiger partial charge in [0.15, 0.2) is 0 Å². The first-order valence-electron chi connectivity index (χ1n) is 6.69. The zero-order valence-electron chi connectivity index (χ0n) is 11.2. The molecule has 2 aromatic carbocycles. The smallest absolute Gasteiger partial charge is 0.227 e. The summed E-state index contributed by atoms with van der Waals surface area (Å²) >= 11 is 3.54. The van der Waals surface area contributed by atoms with Crippen LogP contribution in [0.4, 0.5) is 5.69 Å². The van der Waals surface area contributed by atoms with Crippen molar-refractivity contribution in [1.29, 1.82) is 0 Å². The summed E-state index contributed by atoms with van der Waals surface area (Å²) in [6.07, 6.45) is 0.434. The summed E-state index contributed by atoms with van der Waals surface area (Å²) in [5.74, 6) is 0.177. The lowest BCUT2D eigenvalue weighted by Crippen LogP contribution is -2.25. The summed E-state index contributed by atoms with van der Waals surface area (Å²) in [6.45, 7) is 0.969. The molecule has 0 bridgehead atoms. The molecular weight excluding hydrogens is 332 g/mol. The molecule has 5 nitrogen and oxygen atoms in total. The first kappa shape index (κ1) is 13.9. The van der Waals surface area contributed by atoms with Gasteiger partial charge in [-0.3, -0.25) is 4.79 Å². The summed E-state index contributed by atoms with van der Waals surface area (Å²) in [6, 6.07) is 11.9. The molecule has 0 aromatic heterocycles. The van der Waals surface area contributed by atoms with E-state index in [1.54, 1.807) is 4.90 Å². The molecule has 1 aliphatic heterocycles. The van der Waals surface area contributed by atoms with Crippen molar-refractivity contribution in [2.45, 2.75) is 6.42 Å². The number of anilines is 1. The maximum atomic E-state index is 12.3. The maximum Gasteiger partial charge on any atom is 0.227 e. The molecular formula is C15H13BrN4O. The van der Waals surface area contributed by atoms with Gasteiger partial charge >= 0.3 is 0 Å². The molecule has 0 aliphatic carbocycles. The van der Waals surface area contributed by atoms with Crippen molar-refractivity contribution in [3.63, 3.8) is 0 Å². The number of hydrogen-bond acceptors (Lipinski definition) is 2. The van der Waals surface area contributed by atoms with Gasteiger partial charge in [-0.15, -0.1) is 0 Å². The summed E-state index contributed by atoms with van der Waals surface area (Å²) in [7, 11) is 0. The van der Waals surface area contributed by atoms with Gasteiger partial charge in [-0.25, -0.2) is 0 Å². The Labute approximate surface area is 130 Å². The highest BCUT2D eigenvalue weighted by Crippen LogP contribution is 2.35. The van der Waals surface area contributed by atoms with E-state index in [0.29, 0.717) is 19.5 Å². The van der Waals surface area contributed by atoms with Crippen LogP contribution in [-0.4, -0.2) is 19.0 Å². The van der Waals surface area contributed by atoms with Crippen LogP contribution < -0.4 is 4.90 Å². The van der Waals surface area contributed by atoms with Gasteiger partial charge in [0.25, 0.3) is 0 Å². The van der Waals surface area contributed by atoms with E-state index in [0.717, 1.165) is 20.9 Å². The molecule has 6 heteroatoms. The molecule has 1 fully saturated rings. The van der Waals surface area contributed by atoms with E-state index < -0.39 is 0 Å². The third-order valence-electron chi connectivity index (χ3n) is 3.75. The van der Waals surface area contributed by atoms with Crippen molar-refractivity contribution in [2.24, 2.45) is 11.0 Å². The van der Waals surface area contributed by atoms with Crippen LogP contribution in [0.25, 0.3) is 21.2 Å². The second kappa shape index (κ2) is 5.76. The molecule has 2 aromatic rings. The van der Waals surface area contributed by atoms with Crippen molar-refractivity contribution < 1.29 is 4.79 Å². The van der Waals surface area contributed by atoms with Gasteiger partial charge < -0.3 is 4.90 Å². The molecule has 0 spiro atoms. The number of fused-ring (bicyclic) bond motifs is 1. The fourth-order valence-corrected chi connectivity index (χ4v) is 3.25. The number of hydrogen-bond donors (Lipinski definition) is 0. The van der Waals surface area contributed by atoms with E-state index in [4.69, 9.17) is 5.53 Å². The van der Waals surface area contributed by atoms with Crippen LogP contribution in [-0.2, 0) is 4.79 Å². The Bertz CT molecular complexity index is 754. The Hall–Kier alpha value is -2.04. The Kier molecular flexibility index (Phi) is 3.82. The number of carbonyl (C=O) groups excluding carboxylic acids is 1. The molecule has 1 atom stereocenters. The molecule has 1 saturated heterocycles. The van der Waals surface area contributed by atoms with Crippen LogP contribution in [0.3, 0.4) is 0 Å². The van der Waals surface area contributed by atoms with E-state index in [1.165, 1.54) is 0 Å². The number of rotatable bonds is 3. The minimum Gasteiger partial charge on any atom is -0.312 e. The van der Waals surface area contributed by atoms with Gasteiger partial charge in [-0.1, -0.05) is 45.3 Å². The molecule has 1 amide bonds. The molecule has 106 valence electrons. The highest BCUT2D eigenvalue weighted by Gasteiger charge is 2.30. The number of carbonyl (C=O) groups is 1. The van der Waals surface area contributed by atoms with Crippen LogP contribution in [0.15, 0.2) is 46.0 Å². The molecule has 0 saturated carbocycles. The summed E-state index contributed by atoms with van der Waals surface area (Å²) in [4.78, 5) is 16.8. The topological polar surface area (TPSA) is 69.1 Å². The lowest BCUT2D eigenvalue weighted by molar-refractivity contribution is -0.117. The van der Waals surface area contributed by atoms with Crippen LogP contribution >= 0.6 is 15.9 Å². The van der Waals surface area contributed by atoms with E-state index in [9.17, 15) is 4.79 Å². The second-order valence-electron chi connectivity index (χ2n) is 5.10. The average molecular weight is 345 g/mol. The number of amides is 1. The highest BCUT2D eigenvalue weighted by atomic mass is 79.9. The summed E-state index contributed by atoms with van der Waals surface area (Å²) in [5, 5.41) is 5.72. The van der Waals surface area contributed by atoms with Crippen molar-refractivity contribution in [3.05, 3.63) is 51.3 Å². The highest BCUT2D eigenvalue weighted by molar-refractivity contribution is 9.10. The van der Waals surface area contributed by atoms with Gasteiger partial charge in [-0.2, -0.15) is 0 Å². The molecule has 0 N–H and O–H groups in total. The van der Waals surface area contributed by atoms with Crippen molar-refractivity contribution in [3.8, 4) is 0 Å². The first-order chi connectivity index (χ1) is 10.2. The molecule has 0 radical (unpaired) electrons. The summed E-state index contributed by atoms with van der Waals surface area (Å²) in [5.41, 5.74) is 9.32. The zero-order chi connectivity index (χ0) is 14.8. The largest absolute Gasteiger partial charge is 0.312 e.